The number of carbonyl (C=O) groups is 1. The zero-order valence-corrected chi connectivity index (χ0v) is 15.6. The van der Waals surface area contributed by atoms with Crippen molar-refractivity contribution in [3.8, 4) is 0 Å². The average molecular weight is 417 g/mol. The fourth-order valence-electron chi connectivity index (χ4n) is 2.46. The topological polar surface area (TPSA) is 83.3 Å². The second-order valence-corrected chi connectivity index (χ2v) is 6.36. The van der Waals surface area contributed by atoms with Crippen LogP contribution >= 0.6 is 28.3 Å². The quantitative estimate of drug-likeness (QED) is 0.790. The summed E-state index contributed by atoms with van der Waals surface area (Å²) >= 11 is 3.35. The van der Waals surface area contributed by atoms with Crippen LogP contribution in [0.2, 0.25) is 0 Å². The lowest BCUT2D eigenvalue weighted by atomic mass is 10.2. The van der Waals surface area contributed by atoms with Gasteiger partial charge in [-0.05, 0) is 25.2 Å². The highest BCUT2D eigenvalue weighted by Crippen LogP contribution is 2.17. The zero-order chi connectivity index (χ0) is 16.2. The van der Waals surface area contributed by atoms with Gasteiger partial charge >= 0.3 is 0 Å². The molecule has 1 fully saturated rings. The van der Waals surface area contributed by atoms with Crippen LogP contribution in [0.3, 0.4) is 0 Å². The Morgan fingerprint density at radius 1 is 1.54 bits per heavy atom. The molecule has 7 nitrogen and oxygen atoms in total. The molecule has 1 atom stereocenters. The Morgan fingerprint density at radius 2 is 2.38 bits per heavy atom. The summed E-state index contributed by atoms with van der Waals surface area (Å²) in [5, 5.41) is 10.1. The summed E-state index contributed by atoms with van der Waals surface area (Å²) in [7, 11) is 2.04. The van der Waals surface area contributed by atoms with E-state index in [2.05, 4.69) is 41.6 Å². The smallest absolute Gasteiger partial charge is 0.251 e. The molecule has 130 valence electrons. The molecule has 0 spiro atoms. The molecule has 1 amide bonds. The van der Waals surface area contributed by atoms with Crippen molar-refractivity contribution in [2.24, 2.45) is 0 Å². The fourth-order valence-corrected chi connectivity index (χ4v) is 2.86. The molecule has 1 unspecified atom stereocenters. The molecule has 0 radical (unpaired) electrons. The lowest BCUT2D eigenvalue weighted by Gasteiger charge is -2.30. The number of nitrogens with one attached hydrogen (secondary N) is 2. The van der Waals surface area contributed by atoms with Crippen molar-refractivity contribution >= 4 is 34.2 Å². The van der Waals surface area contributed by atoms with Gasteiger partial charge in [0.25, 0.3) is 5.91 Å². The average Bonchev–Trinajstić information content (AvgIpc) is 3.02. The van der Waals surface area contributed by atoms with E-state index in [0.29, 0.717) is 17.3 Å². The normalized spacial score (nSPS) is 18.0. The summed E-state index contributed by atoms with van der Waals surface area (Å²) in [6.45, 7) is 2.90. The lowest BCUT2D eigenvalue weighted by Crippen LogP contribution is -2.44. The van der Waals surface area contributed by atoms with Crippen LogP contribution in [0.1, 0.15) is 28.1 Å². The Balaban J connectivity index is 0.00000208. The van der Waals surface area contributed by atoms with Crippen LogP contribution in [0.25, 0.3) is 0 Å². The number of amides is 1. The van der Waals surface area contributed by atoms with Crippen LogP contribution in [0.5, 0.6) is 0 Å². The van der Waals surface area contributed by atoms with E-state index in [4.69, 9.17) is 4.52 Å². The molecular weight excluding hydrogens is 398 g/mol. The highest BCUT2D eigenvalue weighted by molar-refractivity contribution is 9.10. The van der Waals surface area contributed by atoms with Gasteiger partial charge < -0.3 is 15.2 Å². The molecule has 1 aliphatic rings. The molecule has 2 aromatic rings. The van der Waals surface area contributed by atoms with E-state index in [1.54, 1.807) is 12.1 Å². The maximum atomic E-state index is 12.1. The van der Waals surface area contributed by atoms with Crippen molar-refractivity contribution in [1.29, 1.82) is 0 Å². The van der Waals surface area contributed by atoms with E-state index in [0.717, 1.165) is 24.1 Å². The number of likely N-dealkylation sites (N-methyl/N-ethyl adjacent to an activating group) is 1. The van der Waals surface area contributed by atoms with Gasteiger partial charge in [0.1, 0.15) is 0 Å². The van der Waals surface area contributed by atoms with Crippen LogP contribution in [-0.4, -0.2) is 47.6 Å². The molecule has 24 heavy (non-hydrogen) atoms. The summed E-state index contributed by atoms with van der Waals surface area (Å²) in [6.07, 6.45) is 0. The van der Waals surface area contributed by atoms with Crippen LogP contribution in [0.15, 0.2) is 33.3 Å². The van der Waals surface area contributed by atoms with Crippen molar-refractivity contribution in [2.45, 2.75) is 12.6 Å². The zero-order valence-electron chi connectivity index (χ0n) is 13.2. The minimum atomic E-state index is -0.178. The molecule has 1 aromatic carbocycles. The first kappa shape index (κ1) is 18.9. The number of benzene rings is 1. The van der Waals surface area contributed by atoms with E-state index in [9.17, 15) is 4.79 Å². The predicted octanol–water partition coefficient (Wildman–Crippen LogP) is 1.76. The van der Waals surface area contributed by atoms with Crippen molar-refractivity contribution in [3.63, 3.8) is 0 Å². The standard InChI is InChI=1S/C15H18BrN5O2.ClH/c1-21-6-5-17-8-12(21)14-19-13(23-20-14)9-18-15(22)10-3-2-4-11(16)7-10;/h2-4,7,12,17H,5-6,8-9H2,1H3,(H,18,22);1H. The van der Waals surface area contributed by atoms with E-state index in [-0.39, 0.29) is 30.9 Å². The van der Waals surface area contributed by atoms with Crippen molar-refractivity contribution in [2.75, 3.05) is 26.7 Å². The third-order valence-electron chi connectivity index (χ3n) is 3.78. The Morgan fingerprint density at radius 3 is 3.12 bits per heavy atom. The second kappa shape index (κ2) is 8.57. The molecular formula is C15H19BrClN5O2. The Hall–Kier alpha value is -1.48. The second-order valence-electron chi connectivity index (χ2n) is 5.44. The van der Waals surface area contributed by atoms with Gasteiger partial charge in [-0.2, -0.15) is 4.98 Å². The van der Waals surface area contributed by atoms with Gasteiger partial charge in [0.05, 0.1) is 12.6 Å². The van der Waals surface area contributed by atoms with Crippen molar-refractivity contribution in [1.82, 2.24) is 25.7 Å². The molecule has 9 heteroatoms. The van der Waals surface area contributed by atoms with E-state index in [1.807, 2.05) is 19.2 Å². The summed E-state index contributed by atoms with van der Waals surface area (Å²) in [6, 6.07) is 7.30. The summed E-state index contributed by atoms with van der Waals surface area (Å²) in [5.41, 5.74) is 0.579. The van der Waals surface area contributed by atoms with Gasteiger partial charge in [0.2, 0.25) is 5.89 Å². The third kappa shape index (κ3) is 4.54. The molecule has 0 bridgehead atoms. The van der Waals surface area contributed by atoms with Gasteiger partial charge in [-0.1, -0.05) is 27.2 Å². The van der Waals surface area contributed by atoms with E-state index in [1.165, 1.54) is 0 Å². The fraction of sp³-hybridized carbons (Fsp3) is 0.400. The predicted molar refractivity (Wildman–Crippen MR) is 95.1 cm³/mol. The van der Waals surface area contributed by atoms with Gasteiger partial charge in [0.15, 0.2) is 5.82 Å². The van der Waals surface area contributed by atoms with Crippen LogP contribution in [0, 0.1) is 0 Å². The van der Waals surface area contributed by atoms with Crippen molar-refractivity contribution < 1.29 is 9.32 Å². The Kier molecular flexibility index (Phi) is 6.73. The van der Waals surface area contributed by atoms with Gasteiger partial charge in [0, 0.05) is 29.7 Å². The lowest BCUT2D eigenvalue weighted by molar-refractivity contribution is 0.0946. The maximum absolute atomic E-state index is 12.1. The Bertz CT molecular complexity index is 696. The van der Waals surface area contributed by atoms with Gasteiger partial charge in [-0.3, -0.25) is 9.69 Å². The molecule has 1 aliphatic heterocycles. The number of rotatable bonds is 4. The number of piperazine rings is 1. The maximum Gasteiger partial charge on any atom is 0.251 e. The minimum absolute atomic E-state index is 0. The van der Waals surface area contributed by atoms with Crippen LogP contribution < -0.4 is 10.6 Å². The first-order valence-electron chi connectivity index (χ1n) is 7.40. The van der Waals surface area contributed by atoms with E-state index < -0.39 is 0 Å². The highest BCUT2D eigenvalue weighted by atomic mass is 79.9. The number of halogens is 2. The SMILES string of the molecule is CN1CCNCC1c1noc(CNC(=O)c2cccc(Br)c2)n1.Cl. The molecule has 2 N–H and O–H groups in total. The Labute approximate surface area is 154 Å². The molecule has 0 aliphatic carbocycles. The largest absolute Gasteiger partial charge is 0.343 e. The molecule has 1 aromatic heterocycles. The number of aromatic nitrogens is 2. The minimum Gasteiger partial charge on any atom is -0.343 e. The van der Waals surface area contributed by atoms with Gasteiger partial charge in [-0.25, -0.2) is 0 Å². The number of nitrogens with zero attached hydrogens (tertiary/aromatic N) is 3. The molecule has 2 heterocycles. The number of hydrogen-bond acceptors (Lipinski definition) is 6. The van der Waals surface area contributed by atoms with Crippen LogP contribution in [0.4, 0.5) is 0 Å². The molecule has 1 saturated heterocycles. The van der Waals surface area contributed by atoms with Crippen LogP contribution in [-0.2, 0) is 6.54 Å². The first-order valence-corrected chi connectivity index (χ1v) is 8.20. The number of carbonyl (C=O) groups excluding carboxylic acids is 1. The molecule has 0 saturated carbocycles. The highest BCUT2D eigenvalue weighted by Gasteiger charge is 2.25. The van der Waals surface area contributed by atoms with Gasteiger partial charge in [-0.15, -0.1) is 12.4 Å². The third-order valence-corrected chi connectivity index (χ3v) is 4.27. The summed E-state index contributed by atoms with van der Waals surface area (Å²) < 4.78 is 6.10. The first-order chi connectivity index (χ1) is 11.1. The summed E-state index contributed by atoms with van der Waals surface area (Å²) in [5.74, 6) is 0.872. The van der Waals surface area contributed by atoms with E-state index >= 15 is 0 Å². The summed E-state index contributed by atoms with van der Waals surface area (Å²) in [4.78, 5) is 18.7. The number of hydrogen-bond donors (Lipinski definition) is 2. The van der Waals surface area contributed by atoms with Crippen molar-refractivity contribution in [3.05, 3.63) is 46.0 Å². The molecule has 3 rings (SSSR count). The monoisotopic (exact) mass is 415 g/mol.